The van der Waals surface area contributed by atoms with Gasteiger partial charge < -0.3 is 10.1 Å². The lowest BCUT2D eigenvalue weighted by molar-refractivity contribution is -0.123. The van der Waals surface area contributed by atoms with Gasteiger partial charge in [-0.05, 0) is 43.3 Å². The van der Waals surface area contributed by atoms with Gasteiger partial charge in [-0.3, -0.25) is 14.4 Å². The number of carbonyl (C=O) groups excluding carboxylic acids is 3. The molecule has 6 heteroatoms. The second-order valence-electron chi connectivity index (χ2n) is 7.19. The predicted molar refractivity (Wildman–Crippen MR) is 101 cm³/mol. The third-order valence-corrected chi connectivity index (χ3v) is 3.84. The van der Waals surface area contributed by atoms with Gasteiger partial charge in [0.2, 0.25) is 5.91 Å². The van der Waals surface area contributed by atoms with Crippen molar-refractivity contribution in [2.45, 2.75) is 27.7 Å². The molecule has 0 unspecified atom stereocenters. The van der Waals surface area contributed by atoms with Gasteiger partial charge in [-0.2, -0.15) is 0 Å². The topological polar surface area (TPSA) is 72.5 Å². The second-order valence-corrected chi connectivity index (χ2v) is 7.19. The van der Waals surface area contributed by atoms with E-state index in [0.29, 0.717) is 11.3 Å². The molecule has 0 fully saturated rings. The van der Waals surface area contributed by atoms with Gasteiger partial charge in [0.25, 0.3) is 0 Å². The highest BCUT2D eigenvalue weighted by atomic mass is 19.1. The molecule has 2 aromatic rings. The van der Waals surface area contributed by atoms with Gasteiger partial charge in [-0.1, -0.05) is 20.8 Å². The summed E-state index contributed by atoms with van der Waals surface area (Å²) in [5, 5.41) is 2.78. The monoisotopic (exact) mass is 371 g/mol. The highest BCUT2D eigenvalue weighted by Gasteiger charge is 2.21. The van der Waals surface area contributed by atoms with E-state index < -0.39 is 11.2 Å². The number of hydrogen-bond donors (Lipinski definition) is 1. The molecule has 2 rings (SSSR count). The Balaban J connectivity index is 1.97. The van der Waals surface area contributed by atoms with Crippen molar-refractivity contribution in [1.29, 1.82) is 0 Å². The van der Waals surface area contributed by atoms with Crippen molar-refractivity contribution < 1.29 is 23.5 Å². The summed E-state index contributed by atoms with van der Waals surface area (Å²) in [6.45, 7) is 6.43. The molecular weight excluding hydrogens is 349 g/mol. The molecule has 0 saturated carbocycles. The molecule has 0 atom stereocenters. The van der Waals surface area contributed by atoms with Crippen molar-refractivity contribution in [3.05, 3.63) is 59.4 Å². The van der Waals surface area contributed by atoms with E-state index in [1.54, 1.807) is 24.3 Å². The molecule has 0 aliphatic rings. The number of Topliss-reactive ketones (excluding diaryl/α,β-unsaturated/α-hetero) is 2. The quantitative estimate of drug-likeness (QED) is 0.770. The fraction of sp³-hybridized carbons (Fsp3) is 0.286. The van der Waals surface area contributed by atoms with Crippen LogP contribution in [0.15, 0.2) is 42.5 Å². The normalized spacial score (nSPS) is 11.0. The first-order valence-electron chi connectivity index (χ1n) is 8.46. The Bertz CT molecular complexity index is 867. The Kier molecular flexibility index (Phi) is 6.10. The van der Waals surface area contributed by atoms with Crippen LogP contribution < -0.4 is 10.1 Å². The molecule has 142 valence electrons. The highest BCUT2D eigenvalue weighted by molar-refractivity contribution is 5.99. The number of nitrogens with one attached hydrogen (secondary N) is 1. The van der Waals surface area contributed by atoms with Crippen molar-refractivity contribution in [2.24, 2.45) is 5.41 Å². The number of hydrogen-bond acceptors (Lipinski definition) is 4. The average Bonchev–Trinajstić information content (AvgIpc) is 2.59. The van der Waals surface area contributed by atoms with Gasteiger partial charge in [0.1, 0.15) is 11.6 Å². The van der Waals surface area contributed by atoms with Crippen LogP contribution in [0.25, 0.3) is 0 Å². The SMILES string of the molecule is CC(=O)c1ccc(OCC(=O)c2ccc(NC(=O)C(C)(C)C)cc2)cc1F. The van der Waals surface area contributed by atoms with Gasteiger partial charge in [-0.15, -0.1) is 0 Å². The van der Waals surface area contributed by atoms with Crippen LogP contribution in [-0.4, -0.2) is 24.1 Å². The minimum atomic E-state index is -0.689. The summed E-state index contributed by atoms with van der Waals surface area (Å²) < 4.78 is 19.1. The number of carbonyl (C=O) groups is 3. The lowest BCUT2D eigenvalue weighted by Crippen LogP contribution is -2.27. The third kappa shape index (κ3) is 5.48. The van der Waals surface area contributed by atoms with Crippen molar-refractivity contribution in [1.82, 2.24) is 0 Å². The largest absolute Gasteiger partial charge is 0.485 e. The molecule has 0 aromatic heterocycles. The zero-order valence-corrected chi connectivity index (χ0v) is 15.8. The van der Waals surface area contributed by atoms with Crippen LogP contribution in [0.3, 0.4) is 0 Å². The summed E-state index contributed by atoms with van der Waals surface area (Å²) >= 11 is 0. The Labute approximate surface area is 157 Å². The number of benzene rings is 2. The molecule has 2 aromatic carbocycles. The van der Waals surface area contributed by atoms with Gasteiger partial charge >= 0.3 is 0 Å². The summed E-state index contributed by atoms with van der Waals surface area (Å²) in [6, 6.07) is 10.3. The number of ether oxygens (including phenoxy) is 1. The van der Waals surface area contributed by atoms with Gasteiger partial charge in [0.15, 0.2) is 18.2 Å². The minimum absolute atomic E-state index is 0.0263. The van der Waals surface area contributed by atoms with Crippen LogP contribution in [0.4, 0.5) is 10.1 Å². The van der Waals surface area contributed by atoms with Crippen molar-refractivity contribution >= 4 is 23.2 Å². The maximum atomic E-state index is 13.8. The van der Waals surface area contributed by atoms with Crippen LogP contribution >= 0.6 is 0 Å². The molecule has 0 bridgehead atoms. The Hall–Kier alpha value is -3.02. The first-order chi connectivity index (χ1) is 12.6. The molecule has 0 aliphatic carbocycles. The number of halogens is 1. The Morgan fingerprint density at radius 1 is 1.04 bits per heavy atom. The van der Waals surface area contributed by atoms with Crippen molar-refractivity contribution in [3.63, 3.8) is 0 Å². The van der Waals surface area contributed by atoms with Crippen molar-refractivity contribution in [3.8, 4) is 5.75 Å². The highest BCUT2D eigenvalue weighted by Crippen LogP contribution is 2.19. The van der Waals surface area contributed by atoms with Crippen LogP contribution in [0.5, 0.6) is 5.75 Å². The molecular formula is C21H22FNO4. The summed E-state index contributed by atoms with van der Waals surface area (Å²) in [7, 11) is 0. The van der Waals surface area contributed by atoms with Crippen molar-refractivity contribution in [2.75, 3.05) is 11.9 Å². The fourth-order valence-corrected chi connectivity index (χ4v) is 2.16. The first-order valence-corrected chi connectivity index (χ1v) is 8.46. The van der Waals surface area contributed by atoms with Crippen LogP contribution in [0.2, 0.25) is 0 Å². The van der Waals surface area contributed by atoms with E-state index in [1.807, 2.05) is 20.8 Å². The molecule has 27 heavy (non-hydrogen) atoms. The zero-order valence-electron chi connectivity index (χ0n) is 15.8. The number of amides is 1. The van der Waals surface area contributed by atoms with Gasteiger partial charge in [-0.25, -0.2) is 4.39 Å². The second kappa shape index (κ2) is 8.12. The third-order valence-electron chi connectivity index (χ3n) is 3.84. The Morgan fingerprint density at radius 3 is 2.19 bits per heavy atom. The van der Waals surface area contributed by atoms with E-state index in [1.165, 1.54) is 19.1 Å². The molecule has 1 N–H and O–H groups in total. The summed E-state index contributed by atoms with van der Waals surface area (Å²) in [4.78, 5) is 35.4. The number of ketones is 2. The van der Waals surface area contributed by atoms with Crippen LogP contribution in [0, 0.1) is 11.2 Å². The van der Waals surface area contributed by atoms with Crippen LogP contribution in [0.1, 0.15) is 48.4 Å². The fourth-order valence-electron chi connectivity index (χ4n) is 2.16. The van der Waals surface area contributed by atoms with E-state index in [4.69, 9.17) is 4.74 Å². The number of anilines is 1. The van der Waals surface area contributed by atoms with E-state index in [0.717, 1.165) is 6.07 Å². The number of rotatable bonds is 6. The van der Waals surface area contributed by atoms with Gasteiger partial charge in [0, 0.05) is 22.7 Å². The molecule has 0 aliphatic heterocycles. The van der Waals surface area contributed by atoms with E-state index in [2.05, 4.69) is 5.32 Å². The lowest BCUT2D eigenvalue weighted by atomic mass is 9.95. The molecule has 0 saturated heterocycles. The lowest BCUT2D eigenvalue weighted by Gasteiger charge is -2.17. The van der Waals surface area contributed by atoms with E-state index >= 15 is 0 Å². The van der Waals surface area contributed by atoms with E-state index in [-0.39, 0.29) is 35.4 Å². The molecule has 0 heterocycles. The molecule has 1 amide bonds. The van der Waals surface area contributed by atoms with Crippen LogP contribution in [-0.2, 0) is 4.79 Å². The molecule has 0 radical (unpaired) electrons. The summed E-state index contributed by atoms with van der Waals surface area (Å²) in [6.07, 6.45) is 0. The summed E-state index contributed by atoms with van der Waals surface area (Å²) in [5.41, 5.74) is 0.454. The Morgan fingerprint density at radius 2 is 1.67 bits per heavy atom. The minimum Gasteiger partial charge on any atom is -0.485 e. The van der Waals surface area contributed by atoms with Gasteiger partial charge in [0.05, 0.1) is 5.56 Å². The molecule has 0 spiro atoms. The first kappa shape index (κ1) is 20.3. The standard InChI is InChI=1S/C21H22FNO4/c1-13(24)17-10-9-16(11-18(17)22)27-12-19(25)14-5-7-15(8-6-14)23-20(26)21(2,3)4/h5-11H,12H2,1-4H3,(H,23,26). The summed E-state index contributed by atoms with van der Waals surface area (Å²) in [5.74, 6) is -1.32. The molecule has 5 nitrogen and oxygen atoms in total. The maximum absolute atomic E-state index is 13.8. The smallest absolute Gasteiger partial charge is 0.229 e. The predicted octanol–water partition coefficient (Wildman–Crippen LogP) is 4.27. The zero-order chi connectivity index (χ0) is 20.2. The maximum Gasteiger partial charge on any atom is 0.229 e. The van der Waals surface area contributed by atoms with E-state index in [9.17, 15) is 18.8 Å². The average molecular weight is 371 g/mol.